The van der Waals surface area contributed by atoms with Gasteiger partial charge in [0.15, 0.2) is 0 Å². The van der Waals surface area contributed by atoms with Crippen LogP contribution in [0, 0.1) is 5.92 Å². The summed E-state index contributed by atoms with van der Waals surface area (Å²) in [6.45, 7) is 4.07. The molecule has 2 amide bonds. The van der Waals surface area contributed by atoms with Crippen LogP contribution in [0.1, 0.15) is 25.8 Å². The molecule has 88 valence electrons. The van der Waals surface area contributed by atoms with E-state index in [2.05, 4.69) is 5.32 Å². The number of carbonyl (C=O) groups excluding carboxylic acids is 2. The summed E-state index contributed by atoms with van der Waals surface area (Å²) in [5.41, 5.74) is 1.95. The van der Waals surface area contributed by atoms with E-state index in [9.17, 15) is 9.59 Å². The predicted octanol–water partition coefficient (Wildman–Crippen LogP) is 2.14. The Morgan fingerprint density at radius 3 is 2.29 bits per heavy atom. The molecule has 0 spiro atoms. The molecule has 1 aliphatic heterocycles. The SMILES string of the molecule is CC(C)CC1=C(c2ccccc2)C(=O)NC1=O. The van der Waals surface area contributed by atoms with E-state index in [0.29, 0.717) is 23.5 Å². The maximum Gasteiger partial charge on any atom is 0.259 e. The van der Waals surface area contributed by atoms with Gasteiger partial charge in [-0.1, -0.05) is 44.2 Å². The summed E-state index contributed by atoms with van der Waals surface area (Å²) >= 11 is 0. The second kappa shape index (κ2) is 4.53. The molecule has 1 aromatic rings. The third-order valence-corrected chi connectivity index (χ3v) is 2.70. The third kappa shape index (κ3) is 2.28. The first-order valence-corrected chi connectivity index (χ1v) is 5.74. The molecule has 0 saturated heterocycles. The van der Waals surface area contributed by atoms with Gasteiger partial charge < -0.3 is 0 Å². The molecule has 1 N–H and O–H groups in total. The first kappa shape index (κ1) is 11.6. The molecule has 0 bridgehead atoms. The van der Waals surface area contributed by atoms with E-state index in [1.165, 1.54) is 0 Å². The lowest BCUT2D eigenvalue weighted by Crippen LogP contribution is -2.23. The number of rotatable bonds is 3. The summed E-state index contributed by atoms with van der Waals surface area (Å²) in [5, 5.41) is 2.37. The number of amides is 2. The summed E-state index contributed by atoms with van der Waals surface area (Å²) in [6.07, 6.45) is 0.627. The quantitative estimate of drug-likeness (QED) is 0.807. The van der Waals surface area contributed by atoms with Crippen molar-refractivity contribution in [3.8, 4) is 0 Å². The van der Waals surface area contributed by atoms with Gasteiger partial charge in [-0.05, 0) is 17.9 Å². The zero-order valence-electron chi connectivity index (χ0n) is 9.99. The minimum Gasteiger partial charge on any atom is -0.288 e. The average Bonchev–Trinajstić information content (AvgIpc) is 2.54. The fourth-order valence-corrected chi connectivity index (χ4v) is 2.00. The van der Waals surface area contributed by atoms with Crippen LogP contribution >= 0.6 is 0 Å². The van der Waals surface area contributed by atoms with Crippen molar-refractivity contribution in [2.24, 2.45) is 5.92 Å². The Labute approximate surface area is 101 Å². The Hall–Kier alpha value is -1.90. The second-order valence-corrected chi connectivity index (χ2v) is 4.60. The van der Waals surface area contributed by atoms with Crippen molar-refractivity contribution < 1.29 is 9.59 Å². The number of imide groups is 1. The van der Waals surface area contributed by atoms with Crippen molar-refractivity contribution in [1.82, 2.24) is 5.32 Å². The van der Waals surface area contributed by atoms with E-state index in [4.69, 9.17) is 0 Å². The van der Waals surface area contributed by atoms with Crippen LogP contribution in [0.2, 0.25) is 0 Å². The van der Waals surface area contributed by atoms with E-state index >= 15 is 0 Å². The molecule has 0 atom stereocenters. The fraction of sp³-hybridized carbons (Fsp3) is 0.286. The van der Waals surface area contributed by atoms with Crippen LogP contribution in [0.25, 0.3) is 5.57 Å². The number of hydrogen-bond acceptors (Lipinski definition) is 2. The minimum atomic E-state index is -0.281. The van der Waals surface area contributed by atoms with Gasteiger partial charge in [0, 0.05) is 5.57 Å². The summed E-state index contributed by atoms with van der Waals surface area (Å²) < 4.78 is 0. The Bertz CT molecular complexity index is 486. The zero-order chi connectivity index (χ0) is 12.4. The summed E-state index contributed by atoms with van der Waals surface area (Å²) in [7, 11) is 0. The third-order valence-electron chi connectivity index (χ3n) is 2.70. The molecular weight excluding hydrogens is 214 g/mol. The van der Waals surface area contributed by atoms with Crippen molar-refractivity contribution >= 4 is 17.4 Å². The molecule has 0 radical (unpaired) electrons. The summed E-state index contributed by atoms with van der Waals surface area (Å²) in [6, 6.07) is 9.33. The molecule has 0 unspecified atom stereocenters. The van der Waals surface area contributed by atoms with Gasteiger partial charge >= 0.3 is 0 Å². The first-order chi connectivity index (χ1) is 8.09. The van der Waals surface area contributed by atoms with Gasteiger partial charge in [0.25, 0.3) is 11.8 Å². The van der Waals surface area contributed by atoms with Gasteiger partial charge in [0.1, 0.15) is 0 Å². The van der Waals surface area contributed by atoms with Crippen LogP contribution < -0.4 is 5.32 Å². The van der Waals surface area contributed by atoms with E-state index in [1.807, 2.05) is 44.2 Å². The van der Waals surface area contributed by atoms with E-state index in [1.54, 1.807) is 0 Å². The van der Waals surface area contributed by atoms with Crippen molar-refractivity contribution in [2.75, 3.05) is 0 Å². The van der Waals surface area contributed by atoms with Crippen molar-refractivity contribution in [2.45, 2.75) is 20.3 Å². The molecule has 3 heteroatoms. The zero-order valence-corrected chi connectivity index (χ0v) is 9.99. The molecule has 0 fully saturated rings. The Morgan fingerprint density at radius 2 is 1.71 bits per heavy atom. The lowest BCUT2D eigenvalue weighted by Gasteiger charge is -2.06. The van der Waals surface area contributed by atoms with Gasteiger partial charge in [-0.2, -0.15) is 0 Å². The van der Waals surface area contributed by atoms with Crippen molar-refractivity contribution in [1.29, 1.82) is 0 Å². The average molecular weight is 229 g/mol. The van der Waals surface area contributed by atoms with Crippen LogP contribution in [0.15, 0.2) is 35.9 Å². The van der Waals surface area contributed by atoms with Crippen LogP contribution in [-0.4, -0.2) is 11.8 Å². The maximum absolute atomic E-state index is 11.8. The Balaban J connectivity index is 2.48. The normalized spacial score (nSPS) is 15.7. The molecule has 1 aromatic carbocycles. The molecular formula is C14H15NO2. The van der Waals surface area contributed by atoms with Crippen LogP contribution in [0.4, 0.5) is 0 Å². The van der Waals surface area contributed by atoms with E-state index in [-0.39, 0.29) is 11.8 Å². The predicted molar refractivity (Wildman–Crippen MR) is 66.0 cm³/mol. The highest BCUT2D eigenvalue weighted by molar-refractivity contribution is 6.35. The number of hydrogen-bond donors (Lipinski definition) is 1. The van der Waals surface area contributed by atoms with Crippen molar-refractivity contribution in [3.63, 3.8) is 0 Å². The summed E-state index contributed by atoms with van der Waals surface area (Å²) in [4.78, 5) is 23.5. The van der Waals surface area contributed by atoms with Gasteiger partial charge in [0.05, 0.1) is 5.57 Å². The van der Waals surface area contributed by atoms with Gasteiger partial charge in [0.2, 0.25) is 0 Å². The maximum atomic E-state index is 11.8. The van der Waals surface area contributed by atoms with Crippen LogP contribution in [0.3, 0.4) is 0 Å². The summed E-state index contributed by atoms with van der Waals surface area (Å²) in [5.74, 6) is -0.181. The molecule has 0 saturated carbocycles. The van der Waals surface area contributed by atoms with Crippen molar-refractivity contribution in [3.05, 3.63) is 41.5 Å². The smallest absolute Gasteiger partial charge is 0.259 e. The van der Waals surface area contributed by atoms with E-state index in [0.717, 1.165) is 5.56 Å². The highest BCUT2D eigenvalue weighted by Crippen LogP contribution is 2.27. The highest BCUT2D eigenvalue weighted by Gasteiger charge is 2.30. The van der Waals surface area contributed by atoms with Gasteiger partial charge in [-0.15, -0.1) is 0 Å². The fourth-order valence-electron chi connectivity index (χ4n) is 2.00. The number of benzene rings is 1. The molecule has 3 nitrogen and oxygen atoms in total. The Kier molecular flexibility index (Phi) is 3.09. The molecule has 17 heavy (non-hydrogen) atoms. The lowest BCUT2D eigenvalue weighted by molar-refractivity contribution is -0.123. The first-order valence-electron chi connectivity index (χ1n) is 5.74. The molecule has 0 aromatic heterocycles. The minimum absolute atomic E-state index is 0.248. The molecule has 2 rings (SSSR count). The molecule has 0 aliphatic carbocycles. The van der Waals surface area contributed by atoms with Gasteiger partial charge in [-0.3, -0.25) is 14.9 Å². The number of carbonyl (C=O) groups is 2. The second-order valence-electron chi connectivity index (χ2n) is 4.60. The van der Waals surface area contributed by atoms with Crippen LogP contribution in [-0.2, 0) is 9.59 Å². The monoisotopic (exact) mass is 229 g/mol. The topological polar surface area (TPSA) is 46.2 Å². The highest BCUT2D eigenvalue weighted by atomic mass is 16.2. The standard InChI is InChI=1S/C14H15NO2/c1-9(2)8-11-12(14(17)15-13(11)16)10-6-4-3-5-7-10/h3-7,9H,8H2,1-2H3,(H,15,16,17). The van der Waals surface area contributed by atoms with Crippen LogP contribution in [0.5, 0.6) is 0 Å². The lowest BCUT2D eigenvalue weighted by atomic mass is 9.95. The number of nitrogens with one attached hydrogen (secondary N) is 1. The van der Waals surface area contributed by atoms with E-state index < -0.39 is 0 Å². The molecule has 1 heterocycles. The van der Waals surface area contributed by atoms with Gasteiger partial charge in [-0.25, -0.2) is 0 Å². The molecule has 1 aliphatic rings. The largest absolute Gasteiger partial charge is 0.288 e. The Morgan fingerprint density at radius 1 is 1.06 bits per heavy atom.